The lowest BCUT2D eigenvalue weighted by Gasteiger charge is -2.32. The number of ether oxygens (including phenoxy) is 1. The zero-order valence-electron chi connectivity index (χ0n) is 11.8. The topological polar surface area (TPSA) is 35.2 Å². The summed E-state index contributed by atoms with van der Waals surface area (Å²) in [7, 11) is 1.77. The van der Waals surface area contributed by atoms with Crippen LogP contribution in [0.1, 0.15) is 64.7 Å². The molecule has 1 unspecified atom stereocenters. The molecule has 0 heterocycles. The van der Waals surface area contributed by atoms with E-state index in [2.05, 4.69) is 6.92 Å². The van der Waals surface area contributed by atoms with Crippen molar-refractivity contribution in [3.05, 3.63) is 0 Å². The Morgan fingerprint density at radius 3 is 2.47 bits per heavy atom. The van der Waals surface area contributed by atoms with Gasteiger partial charge in [-0.25, -0.2) is 0 Å². The molecule has 0 amide bonds. The van der Waals surface area contributed by atoms with Gasteiger partial charge in [-0.2, -0.15) is 0 Å². The Kier molecular flexibility index (Phi) is 7.87. The minimum absolute atomic E-state index is 0.414. The third-order valence-corrected chi connectivity index (χ3v) is 4.35. The summed E-state index contributed by atoms with van der Waals surface area (Å²) in [5.74, 6) is 1.78. The van der Waals surface area contributed by atoms with Crippen molar-refractivity contribution in [3.8, 4) is 0 Å². The monoisotopic (exact) mass is 241 g/mol. The molecule has 17 heavy (non-hydrogen) atoms. The van der Waals surface area contributed by atoms with Crippen LogP contribution < -0.4 is 5.73 Å². The number of hydrogen-bond acceptors (Lipinski definition) is 2. The van der Waals surface area contributed by atoms with Gasteiger partial charge in [0.25, 0.3) is 0 Å². The van der Waals surface area contributed by atoms with Crippen LogP contribution >= 0.6 is 0 Å². The van der Waals surface area contributed by atoms with Gasteiger partial charge in [0, 0.05) is 19.8 Å². The van der Waals surface area contributed by atoms with Crippen molar-refractivity contribution in [2.75, 3.05) is 13.7 Å². The van der Waals surface area contributed by atoms with Gasteiger partial charge in [0.15, 0.2) is 0 Å². The van der Waals surface area contributed by atoms with Crippen LogP contribution in [0.4, 0.5) is 0 Å². The van der Waals surface area contributed by atoms with Crippen molar-refractivity contribution < 1.29 is 4.74 Å². The molecule has 1 saturated carbocycles. The van der Waals surface area contributed by atoms with E-state index in [0.717, 1.165) is 31.3 Å². The Balaban J connectivity index is 2.12. The summed E-state index contributed by atoms with van der Waals surface area (Å²) in [6.07, 6.45) is 12.0. The van der Waals surface area contributed by atoms with E-state index in [9.17, 15) is 0 Å². The molecular weight excluding hydrogens is 210 g/mol. The summed E-state index contributed by atoms with van der Waals surface area (Å²) in [4.78, 5) is 0. The standard InChI is InChI=1S/C15H31NO/c1-3-4-6-13-8-10-14(11-9-13)15(16)7-5-12-17-2/h13-15H,3-12,16H2,1-2H3. The van der Waals surface area contributed by atoms with E-state index >= 15 is 0 Å². The van der Waals surface area contributed by atoms with Gasteiger partial charge in [-0.3, -0.25) is 0 Å². The minimum atomic E-state index is 0.414. The van der Waals surface area contributed by atoms with Crippen LogP contribution in [0.25, 0.3) is 0 Å². The van der Waals surface area contributed by atoms with Crippen LogP contribution in [0.5, 0.6) is 0 Å². The summed E-state index contributed by atoms with van der Waals surface area (Å²) >= 11 is 0. The zero-order chi connectivity index (χ0) is 12.5. The molecule has 0 saturated heterocycles. The minimum Gasteiger partial charge on any atom is -0.385 e. The average Bonchev–Trinajstić information content (AvgIpc) is 2.37. The zero-order valence-corrected chi connectivity index (χ0v) is 11.8. The number of nitrogens with two attached hydrogens (primary N) is 1. The quantitative estimate of drug-likeness (QED) is 0.657. The molecule has 1 atom stereocenters. The lowest BCUT2D eigenvalue weighted by molar-refractivity contribution is 0.178. The Hall–Kier alpha value is -0.0800. The number of unbranched alkanes of at least 4 members (excludes halogenated alkanes) is 1. The van der Waals surface area contributed by atoms with Crippen LogP contribution in [-0.2, 0) is 4.74 Å². The molecule has 0 bridgehead atoms. The molecule has 1 fully saturated rings. The van der Waals surface area contributed by atoms with E-state index < -0.39 is 0 Å². The molecule has 1 aliphatic carbocycles. The van der Waals surface area contributed by atoms with Crippen LogP contribution in [0.3, 0.4) is 0 Å². The average molecular weight is 241 g/mol. The van der Waals surface area contributed by atoms with Gasteiger partial charge in [0.05, 0.1) is 0 Å². The first-order chi connectivity index (χ1) is 8.27. The highest BCUT2D eigenvalue weighted by Gasteiger charge is 2.24. The lowest BCUT2D eigenvalue weighted by atomic mass is 9.76. The van der Waals surface area contributed by atoms with Crippen molar-refractivity contribution in [1.82, 2.24) is 0 Å². The molecule has 0 aromatic heterocycles. The third kappa shape index (κ3) is 5.87. The number of rotatable bonds is 8. The molecule has 2 heteroatoms. The Morgan fingerprint density at radius 1 is 1.18 bits per heavy atom. The maximum atomic E-state index is 6.28. The number of methoxy groups -OCH3 is 1. The molecule has 102 valence electrons. The van der Waals surface area contributed by atoms with Gasteiger partial charge in [0.1, 0.15) is 0 Å². The largest absolute Gasteiger partial charge is 0.385 e. The summed E-state index contributed by atoms with van der Waals surface area (Å²) in [6, 6.07) is 0.414. The van der Waals surface area contributed by atoms with Crippen molar-refractivity contribution >= 4 is 0 Å². The van der Waals surface area contributed by atoms with E-state index in [4.69, 9.17) is 10.5 Å². The van der Waals surface area contributed by atoms with Gasteiger partial charge >= 0.3 is 0 Å². The highest BCUT2D eigenvalue weighted by molar-refractivity contribution is 4.79. The normalized spacial score (nSPS) is 27.0. The molecule has 0 aliphatic heterocycles. The number of hydrogen-bond donors (Lipinski definition) is 1. The predicted molar refractivity (Wildman–Crippen MR) is 74.1 cm³/mol. The molecule has 0 aromatic rings. The summed E-state index contributed by atoms with van der Waals surface area (Å²) in [6.45, 7) is 3.15. The SMILES string of the molecule is CCCCC1CCC(C(N)CCCOC)CC1. The maximum absolute atomic E-state index is 6.28. The van der Waals surface area contributed by atoms with Crippen LogP contribution in [0, 0.1) is 11.8 Å². The van der Waals surface area contributed by atoms with Crippen LogP contribution in [-0.4, -0.2) is 19.8 Å². The molecule has 0 aromatic carbocycles. The molecule has 0 spiro atoms. The van der Waals surface area contributed by atoms with E-state index in [1.807, 2.05) is 0 Å². The highest BCUT2D eigenvalue weighted by atomic mass is 16.5. The fourth-order valence-corrected chi connectivity index (χ4v) is 3.10. The third-order valence-electron chi connectivity index (χ3n) is 4.35. The Morgan fingerprint density at radius 2 is 1.88 bits per heavy atom. The second kappa shape index (κ2) is 8.93. The molecule has 2 N–H and O–H groups in total. The maximum Gasteiger partial charge on any atom is 0.0462 e. The first-order valence-corrected chi connectivity index (χ1v) is 7.52. The molecular formula is C15H31NO. The van der Waals surface area contributed by atoms with Crippen LogP contribution in [0.2, 0.25) is 0 Å². The molecule has 1 aliphatic rings. The summed E-state index contributed by atoms with van der Waals surface area (Å²) in [5.41, 5.74) is 6.28. The smallest absolute Gasteiger partial charge is 0.0462 e. The van der Waals surface area contributed by atoms with E-state index in [1.54, 1.807) is 7.11 Å². The van der Waals surface area contributed by atoms with Gasteiger partial charge in [-0.1, -0.05) is 39.0 Å². The first kappa shape index (κ1) is 15.0. The summed E-state index contributed by atoms with van der Waals surface area (Å²) in [5, 5.41) is 0. The van der Waals surface area contributed by atoms with Gasteiger partial charge in [-0.15, -0.1) is 0 Å². The second-order valence-corrected chi connectivity index (χ2v) is 5.72. The van der Waals surface area contributed by atoms with Gasteiger partial charge in [-0.05, 0) is 37.5 Å². The molecule has 1 rings (SSSR count). The van der Waals surface area contributed by atoms with Crippen molar-refractivity contribution in [1.29, 1.82) is 0 Å². The Bertz CT molecular complexity index is 176. The fourth-order valence-electron chi connectivity index (χ4n) is 3.10. The fraction of sp³-hybridized carbons (Fsp3) is 1.00. The van der Waals surface area contributed by atoms with Crippen molar-refractivity contribution in [3.63, 3.8) is 0 Å². The van der Waals surface area contributed by atoms with E-state index in [0.29, 0.717) is 6.04 Å². The second-order valence-electron chi connectivity index (χ2n) is 5.72. The highest BCUT2D eigenvalue weighted by Crippen LogP contribution is 2.33. The Labute approximate surface area is 107 Å². The summed E-state index contributed by atoms with van der Waals surface area (Å²) < 4.78 is 5.09. The van der Waals surface area contributed by atoms with Crippen molar-refractivity contribution in [2.45, 2.75) is 70.8 Å². The predicted octanol–water partition coefficient (Wildman–Crippen LogP) is 3.74. The first-order valence-electron chi connectivity index (χ1n) is 7.52. The molecule has 0 radical (unpaired) electrons. The van der Waals surface area contributed by atoms with E-state index in [-0.39, 0.29) is 0 Å². The van der Waals surface area contributed by atoms with E-state index in [1.165, 1.54) is 44.9 Å². The lowest BCUT2D eigenvalue weighted by Crippen LogP contribution is -2.33. The van der Waals surface area contributed by atoms with Gasteiger partial charge in [0.2, 0.25) is 0 Å². The van der Waals surface area contributed by atoms with Crippen molar-refractivity contribution in [2.24, 2.45) is 17.6 Å². The van der Waals surface area contributed by atoms with Gasteiger partial charge < -0.3 is 10.5 Å². The molecule has 2 nitrogen and oxygen atoms in total. The van der Waals surface area contributed by atoms with Crippen LogP contribution in [0.15, 0.2) is 0 Å².